The summed E-state index contributed by atoms with van der Waals surface area (Å²) in [4.78, 5) is 12.9. The van der Waals surface area contributed by atoms with E-state index in [2.05, 4.69) is 103 Å². The Balaban J connectivity index is 2.32. The molecule has 1 rings (SSSR count). The maximum Gasteiger partial charge on any atom is 0.397 e. The quantitative estimate of drug-likeness (QED) is 0.0196. The minimum Gasteiger partial charge on any atom is -0.457 e. The first-order valence-electron chi connectivity index (χ1n) is 28.3. The van der Waals surface area contributed by atoms with E-state index in [9.17, 15) is 33.1 Å². The number of allylic oxidation sites excluding steroid dienone is 14. The van der Waals surface area contributed by atoms with Crippen LogP contribution in [0.2, 0.25) is 0 Å². The normalized spacial score (nSPS) is 19.6. The van der Waals surface area contributed by atoms with Crippen LogP contribution in [0.1, 0.15) is 219 Å². The highest BCUT2D eigenvalue weighted by Crippen LogP contribution is 2.26. The van der Waals surface area contributed by atoms with E-state index in [1.54, 1.807) is 0 Å². The van der Waals surface area contributed by atoms with Gasteiger partial charge in [0.2, 0.25) is 0 Å². The third kappa shape index (κ3) is 41.6. The van der Waals surface area contributed by atoms with E-state index in [-0.39, 0.29) is 19.6 Å². The van der Waals surface area contributed by atoms with E-state index in [1.165, 1.54) is 116 Å². The van der Waals surface area contributed by atoms with Crippen molar-refractivity contribution in [2.24, 2.45) is 0 Å². The highest BCUT2D eigenvalue weighted by molar-refractivity contribution is 7.80. The Morgan fingerprint density at radius 2 is 0.958 bits per heavy atom. The summed E-state index contributed by atoms with van der Waals surface area (Å²) in [7, 11) is -5.08. The fraction of sp³-hybridized carbons (Fsp3) is 0.746. The van der Waals surface area contributed by atoms with Crippen LogP contribution in [-0.4, -0.2) is 97.5 Å². The molecule has 0 bridgehead atoms. The lowest BCUT2D eigenvalue weighted by Crippen LogP contribution is -2.60. The molecular weight excluding hydrogens is 933 g/mol. The van der Waals surface area contributed by atoms with E-state index in [1.807, 2.05) is 0 Å². The van der Waals surface area contributed by atoms with Gasteiger partial charge in [0, 0.05) is 13.0 Å². The smallest absolute Gasteiger partial charge is 0.397 e. The van der Waals surface area contributed by atoms with Gasteiger partial charge < -0.3 is 34.3 Å². The summed E-state index contributed by atoms with van der Waals surface area (Å²) >= 11 is 0. The number of rotatable bonds is 49. The Morgan fingerprint density at radius 3 is 1.40 bits per heavy atom. The molecule has 0 saturated carbocycles. The summed E-state index contributed by atoms with van der Waals surface area (Å²) in [5.74, 6) is -0.431. The number of carbonyl (C=O) groups excluding carboxylic acids is 1. The van der Waals surface area contributed by atoms with Gasteiger partial charge in [-0.15, -0.1) is 0 Å². The van der Waals surface area contributed by atoms with Crippen molar-refractivity contribution in [3.05, 3.63) is 85.1 Å². The SMILES string of the molecule is CC/C=C\C/C=C\C/C=C\C/C=C\C/C=C\CCCCCC(=O)OC(COCCCCCCCCCCCCCCCC/C=C\C/C=C\CCCCCCC)COC1OC(CO)C(O)C(OS(=O)(=O)O)C1O. The van der Waals surface area contributed by atoms with Gasteiger partial charge in [-0.2, -0.15) is 8.42 Å². The van der Waals surface area contributed by atoms with Crippen molar-refractivity contribution in [1.82, 2.24) is 0 Å². The second-order valence-electron chi connectivity index (χ2n) is 19.1. The average Bonchev–Trinajstić information content (AvgIpc) is 3.36. The van der Waals surface area contributed by atoms with Crippen LogP contribution in [0.3, 0.4) is 0 Å². The second kappa shape index (κ2) is 49.2. The van der Waals surface area contributed by atoms with Crippen molar-refractivity contribution in [2.45, 2.75) is 256 Å². The van der Waals surface area contributed by atoms with Gasteiger partial charge in [-0.05, 0) is 89.9 Å². The first-order valence-corrected chi connectivity index (χ1v) is 29.7. The third-order valence-corrected chi connectivity index (χ3v) is 13.0. The number of carbonyl (C=O) groups is 1. The van der Waals surface area contributed by atoms with Crippen LogP contribution in [0.4, 0.5) is 0 Å². The molecule has 4 N–H and O–H groups in total. The van der Waals surface area contributed by atoms with Crippen LogP contribution in [0.15, 0.2) is 85.1 Å². The molecule has 0 aromatic heterocycles. The summed E-state index contributed by atoms with van der Waals surface area (Å²) in [6.45, 7) is 3.84. The van der Waals surface area contributed by atoms with Crippen LogP contribution >= 0.6 is 0 Å². The number of hydrogen-bond acceptors (Lipinski definition) is 11. The van der Waals surface area contributed by atoms with Crippen molar-refractivity contribution in [2.75, 3.05) is 26.4 Å². The first-order chi connectivity index (χ1) is 35.1. The molecule has 0 amide bonds. The zero-order valence-corrected chi connectivity index (χ0v) is 45.8. The molecule has 6 unspecified atom stereocenters. The monoisotopic (exact) mass is 1030 g/mol. The Hall–Kier alpha value is -2.72. The maximum absolute atomic E-state index is 12.9. The molecule has 1 aliphatic rings. The highest BCUT2D eigenvalue weighted by Gasteiger charge is 2.48. The van der Waals surface area contributed by atoms with Gasteiger partial charge in [0.15, 0.2) is 6.29 Å². The Labute approximate surface area is 438 Å². The van der Waals surface area contributed by atoms with Crippen molar-refractivity contribution >= 4 is 16.4 Å². The van der Waals surface area contributed by atoms with Crippen molar-refractivity contribution in [3.8, 4) is 0 Å². The van der Waals surface area contributed by atoms with Gasteiger partial charge in [-0.1, -0.05) is 208 Å². The van der Waals surface area contributed by atoms with Crippen molar-refractivity contribution in [1.29, 1.82) is 0 Å². The van der Waals surface area contributed by atoms with E-state index in [0.717, 1.165) is 77.0 Å². The molecule has 12 nitrogen and oxygen atoms in total. The molecular formula is C59H102O12S. The van der Waals surface area contributed by atoms with Crippen molar-refractivity contribution < 1.29 is 56.2 Å². The summed E-state index contributed by atoms with van der Waals surface area (Å²) < 4.78 is 59.4. The largest absolute Gasteiger partial charge is 0.457 e. The number of unbranched alkanes of at least 4 members (excludes halogenated alkanes) is 22. The zero-order chi connectivity index (χ0) is 52.4. The first kappa shape index (κ1) is 67.3. The minimum atomic E-state index is -5.08. The van der Waals surface area contributed by atoms with Crippen LogP contribution < -0.4 is 0 Å². The third-order valence-electron chi connectivity index (χ3n) is 12.5. The number of esters is 1. The molecule has 6 atom stereocenters. The van der Waals surface area contributed by atoms with E-state index < -0.39 is 59.8 Å². The number of aliphatic hydroxyl groups excluding tert-OH is 3. The molecule has 0 spiro atoms. The molecule has 0 aromatic rings. The molecule has 1 fully saturated rings. The van der Waals surface area contributed by atoms with Gasteiger partial charge in [-0.25, -0.2) is 4.18 Å². The number of ether oxygens (including phenoxy) is 4. The lowest BCUT2D eigenvalue weighted by molar-refractivity contribution is -0.301. The fourth-order valence-corrected chi connectivity index (χ4v) is 8.77. The topological polar surface area (TPSA) is 178 Å². The van der Waals surface area contributed by atoms with Crippen LogP contribution in [0.5, 0.6) is 0 Å². The minimum absolute atomic E-state index is 0.0183. The van der Waals surface area contributed by atoms with Gasteiger partial charge in [0.25, 0.3) is 0 Å². The van der Waals surface area contributed by atoms with E-state index >= 15 is 0 Å². The zero-order valence-electron chi connectivity index (χ0n) is 45.0. The summed E-state index contributed by atoms with van der Waals surface area (Å²) in [6, 6.07) is 0. The molecule has 1 saturated heterocycles. The van der Waals surface area contributed by atoms with Gasteiger partial charge in [0.05, 0.1) is 19.8 Å². The Bertz CT molecular complexity index is 1570. The predicted octanol–water partition coefficient (Wildman–Crippen LogP) is 14.0. The predicted molar refractivity (Wildman–Crippen MR) is 294 cm³/mol. The van der Waals surface area contributed by atoms with Crippen LogP contribution in [0, 0.1) is 0 Å². The Kier molecular flexibility index (Phi) is 46.0. The number of aliphatic hydroxyl groups is 3. The van der Waals surface area contributed by atoms with Crippen LogP contribution in [-0.2, 0) is 38.3 Å². The molecule has 72 heavy (non-hydrogen) atoms. The average molecular weight is 1040 g/mol. The molecule has 416 valence electrons. The molecule has 13 heteroatoms. The standard InChI is InChI=1S/C59H102O12S/c1-3-5-7-9-11-13-15-17-19-21-23-24-25-26-27-28-29-31-33-35-37-39-41-43-45-47-49-67-51-53(52-68-59-57(63)58(71-72(64,65)66)56(62)54(50-60)70-59)69-55(61)48-46-44-42-40-38-36-34-32-30-22-20-18-16-14-12-10-8-6-4-2/h6,8,12,14-15,17-18,20-21,23,30,32,36,38,53-54,56-60,62-63H,3-5,7,9-11,13,16,19,22,24-29,31,33-35,37,39-52H2,1-2H3,(H,64,65,66)/b8-6-,14-12-,17-15-,20-18-,23-21-,32-30-,38-36-. The molecule has 0 radical (unpaired) electrons. The number of hydrogen-bond donors (Lipinski definition) is 4. The molecule has 0 aromatic carbocycles. The Morgan fingerprint density at radius 1 is 0.542 bits per heavy atom. The second-order valence-corrected chi connectivity index (χ2v) is 20.2. The van der Waals surface area contributed by atoms with E-state index in [4.69, 9.17) is 18.9 Å². The summed E-state index contributed by atoms with van der Waals surface area (Å²) in [5, 5.41) is 30.8. The van der Waals surface area contributed by atoms with Gasteiger partial charge in [0.1, 0.15) is 30.5 Å². The van der Waals surface area contributed by atoms with Gasteiger partial charge in [-0.3, -0.25) is 9.35 Å². The summed E-state index contributed by atoms with van der Waals surface area (Å²) in [6.07, 6.45) is 57.6. The maximum atomic E-state index is 12.9. The summed E-state index contributed by atoms with van der Waals surface area (Å²) in [5.41, 5.74) is 0. The van der Waals surface area contributed by atoms with Crippen molar-refractivity contribution in [3.63, 3.8) is 0 Å². The van der Waals surface area contributed by atoms with Crippen LogP contribution in [0.25, 0.3) is 0 Å². The molecule has 0 aliphatic carbocycles. The molecule has 1 heterocycles. The highest BCUT2D eigenvalue weighted by atomic mass is 32.3. The fourth-order valence-electron chi connectivity index (χ4n) is 8.26. The van der Waals surface area contributed by atoms with Gasteiger partial charge >= 0.3 is 16.4 Å². The van der Waals surface area contributed by atoms with E-state index in [0.29, 0.717) is 13.0 Å². The molecule has 1 aliphatic heterocycles. The lowest BCUT2D eigenvalue weighted by Gasteiger charge is -2.41. The lowest BCUT2D eigenvalue weighted by atomic mass is 9.99.